The Hall–Kier alpha value is -2.52. The molecule has 0 aliphatic heterocycles. The molecule has 3 heteroatoms. The zero-order valence-corrected chi connectivity index (χ0v) is 11.5. The van der Waals surface area contributed by atoms with Crippen molar-refractivity contribution in [2.75, 3.05) is 0 Å². The van der Waals surface area contributed by atoms with Crippen LogP contribution in [0.1, 0.15) is 0 Å². The fourth-order valence-electron chi connectivity index (χ4n) is 2.97. The van der Waals surface area contributed by atoms with E-state index in [2.05, 4.69) is 65.2 Å². The molecule has 0 atom stereocenters. The van der Waals surface area contributed by atoms with Gasteiger partial charge in [-0.15, -0.1) is 0 Å². The molecule has 0 bridgehead atoms. The van der Waals surface area contributed by atoms with Crippen LogP contribution in [0, 0.1) is 0 Å². The molecule has 21 heavy (non-hydrogen) atoms. The molecule has 0 fully saturated rings. The van der Waals surface area contributed by atoms with Crippen LogP contribution in [-0.4, -0.2) is 17.1 Å². The summed E-state index contributed by atoms with van der Waals surface area (Å²) in [6.45, 7) is 0. The summed E-state index contributed by atoms with van der Waals surface area (Å²) in [5.41, 5.74) is 4.45. The lowest BCUT2D eigenvalue weighted by molar-refractivity contribution is 0.615. The topological polar surface area (TPSA) is 25.2 Å². The second kappa shape index (κ2) is 4.79. The zero-order chi connectivity index (χ0) is 14.2. The summed E-state index contributed by atoms with van der Waals surface area (Å²) in [5.74, 6) is 0. The number of hydrogen-bond acceptors (Lipinski definition) is 1. The van der Waals surface area contributed by atoms with Crippen LogP contribution in [0.25, 0.3) is 27.5 Å². The van der Waals surface area contributed by atoms with Gasteiger partial charge in [0, 0.05) is 16.5 Å². The molecule has 4 aromatic rings. The molecule has 0 saturated heterocycles. The summed E-state index contributed by atoms with van der Waals surface area (Å²) in [6.07, 6.45) is 0. The number of nitrogens with zero attached hydrogens (tertiary/aromatic N) is 1. The van der Waals surface area contributed by atoms with E-state index in [0.29, 0.717) is 0 Å². The van der Waals surface area contributed by atoms with Crippen molar-refractivity contribution in [2.24, 2.45) is 0 Å². The monoisotopic (exact) mass is 271 g/mol. The molecule has 4 rings (SSSR count). The molecule has 0 aliphatic carbocycles. The number of aromatic nitrogens is 1. The Kier molecular flexibility index (Phi) is 2.79. The van der Waals surface area contributed by atoms with Crippen molar-refractivity contribution >= 4 is 34.8 Å². The first kappa shape index (κ1) is 12.2. The molecule has 0 amide bonds. The van der Waals surface area contributed by atoms with Gasteiger partial charge in [-0.2, -0.15) is 0 Å². The third kappa shape index (κ3) is 1.86. The van der Waals surface area contributed by atoms with Gasteiger partial charge < -0.3 is 9.59 Å². The minimum atomic E-state index is 0.0702. The van der Waals surface area contributed by atoms with Gasteiger partial charge in [0.05, 0.1) is 11.0 Å². The third-order valence-corrected chi connectivity index (χ3v) is 3.93. The van der Waals surface area contributed by atoms with E-state index in [9.17, 15) is 5.02 Å². The van der Waals surface area contributed by atoms with Gasteiger partial charge in [0.2, 0.25) is 0 Å². The Morgan fingerprint density at radius 3 is 2.24 bits per heavy atom. The van der Waals surface area contributed by atoms with E-state index in [0.717, 1.165) is 11.2 Å². The number of rotatable bonds is 2. The van der Waals surface area contributed by atoms with Gasteiger partial charge in [-0.05, 0) is 24.3 Å². The Morgan fingerprint density at radius 1 is 0.714 bits per heavy atom. The lowest BCUT2D eigenvalue weighted by Gasteiger charge is -2.07. The van der Waals surface area contributed by atoms with Crippen LogP contribution in [0.15, 0.2) is 72.8 Å². The van der Waals surface area contributed by atoms with Crippen molar-refractivity contribution in [3.8, 4) is 5.69 Å². The van der Waals surface area contributed by atoms with Gasteiger partial charge in [-0.3, -0.25) is 0 Å². The quantitative estimate of drug-likeness (QED) is 0.557. The number of benzene rings is 3. The smallest absolute Gasteiger partial charge is 0.304 e. The van der Waals surface area contributed by atoms with Gasteiger partial charge in [-0.1, -0.05) is 54.0 Å². The SMILES string of the molecule is OBc1ccc2c(c1)c1ccccc1n2-c1ccccc1. The predicted octanol–water partition coefficient (Wildman–Crippen LogP) is 2.75. The largest absolute Gasteiger partial charge is 0.449 e. The lowest BCUT2D eigenvalue weighted by atomic mass is 9.88. The summed E-state index contributed by atoms with van der Waals surface area (Å²) in [7, 11) is 0.0702. The molecule has 100 valence electrons. The molecule has 1 N–H and O–H groups in total. The van der Waals surface area contributed by atoms with Crippen LogP contribution in [-0.2, 0) is 0 Å². The van der Waals surface area contributed by atoms with Crippen LogP contribution < -0.4 is 5.46 Å². The van der Waals surface area contributed by atoms with Gasteiger partial charge in [-0.25, -0.2) is 0 Å². The highest BCUT2D eigenvalue weighted by molar-refractivity contribution is 6.46. The van der Waals surface area contributed by atoms with Gasteiger partial charge in [0.25, 0.3) is 0 Å². The third-order valence-electron chi connectivity index (χ3n) is 3.93. The minimum Gasteiger partial charge on any atom is -0.449 e. The lowest BCUT2D eigenvalue weighted by Crippen LogP contribution is -2.12. The van der Waals surface area contributed by atoms with Crippen LogP contribution >= 0.6 is 0 Å². The average molecular weight is 271 g/mol. The zero-order valence-electron chi connectivity index (χ0n) is 11.5. The highest BCUT2D eigenvalue weighted by atomic mass is 16.2. The molecule has 1 heterocycles. The van der Waals surface area contributed by atoms with Crippen LogP contribution in [0.2, 0.25) is 0 Å². The number of para-hydroxylation sites is 2. The molecule has 1 aromatic heterocycles. The van der Waals surface area contributed by atoms with Crippen molar-refractivity contribution in [1.82, 2.24) is 4.57 Å². The maximum absolute atomic E-state index is 9.39. The Labute approximate surface area is 123 Å². The maximum atomic E-state index is 9.39. The number of hydrogen-bond donors (Lipinski definition) is 1. The predicted molar refractivity (Wildman–Crippen MR) is 89.8 cm³/mol. The summed E-state index contributed by atoms with van der Waals surface area (Å²) in [6, 6.07) is 24.9. The second-order valence-electron chi connectivity index (χ2n) is 5.20. The van der Waals surface area contributed by atoms with E-state index in [4.69, 9.17) is 0 Å². The van der Waals surface area contributed by atoms with Gasteiger partial charge in [0.15, 0.2) is 0 Å². The van der Waals surface area contributed by atoms with Crippen molar-refractivity contribution in [3.05, 3.63) is 72.8 Å². The van der Waals surface area contributed by atoms with Crippen molar-refractivity contribution in [2.45, 2.75) is 0 Å². The summed E-state index contributed by atoms with van der Waals surface area (Å²) < 4.78 is 2.27. The first-order valence-corrected chi connectivity index (χ1v) is 7.07. The molecule has 0 spiro atoms. The van der Waals surface area contributed by atoms with Gasteiger partial charge >= 0.3 is 7.48 Å². The molecule has 0 saturated carbocycles. The first-order valence-electron chi connectivity index (χ1n) is 7.07. The van der Waals surface area contributed by atoms with E-state index in [1.54, 1.807) is 0 Å². The maximum Gasteiger partial charge on any atom is 0.304 e. The first-order chi connectivity index (χ1) is 10.4. The minimum absolute atomic E-state index is 0.0702. The van der Waals surface area contributed by atoms with Crippen molar-refractivity contribution in [1.29, 1.82) is 0 Å². The molecule has 0 radical (unpaired) electrons. The average Bonchev–Trinajstić information content (AvgIpc) is 2.89. The highest BCUT2D eigenvalue weighted by Crippen LogP contribution is 2.30. The normalized spacial score (nSPS) is 11.1. The Balaban J connectivity index is 2.17. The van der Waals surface area contributed by atoms with Crippen LogP contribution in [0.5, 0.6) is 0 Å². The van der Waals surface area contributed by atoms with E-state index in [1.165, 1.54) is 21.8 Å². The fourth-order valence-corrected chi connectivity index (χ4v) is 2.97. The Bertz CT molecular complexity index is 928. The highest BCUT2D eigenvalue weighted by Gasteiger charge is 2.11. The molecule has 3 aromatic carbocycles. The molecule has 0 aliphatic rings. The van der Waals surface area contributed by atoms with Crippen LogP contribution in [0.4, 0.5) is 0 Å². The van der Waals surface area contributed by atoms with E-state index >= 15 is 0 Å². The molecular weight excluding hydrogens is 257 g/mol. The van der Waals surface area contributed by atoms with Crippen molar-refractivity contribution in [3.63, 3.8) is 0 Å². The standard InChI is InChI=1S/C18H14BNO/c21-19-13-10-11-18-16(12-13)15-8-4-5-9-17(15)20(18)14-6-2-1-3-7-14/h1-12,19,21H. The molecule has 0 unspecified atom stereocenters. The Morgan fingerprint density at radius 2 is 1.43 bits per heavy atom. The second-order valence-corrected chi connectivity index (χ2v) is 5.20. The van der Waals surface area contributed by atoms with E-state index < -0.39 is 0 Å². The summed E-state index contributed by atoms with van der Waals surface area (Å²) >= 11 is 0. The van der Waals surface area contributed by atoms with Crippen LogP contribution in [0.3, 0.4) is 0 Å². The fraction of sp³-hybridized carbons (Fsp3) is 0. The summed E-state index contributed by atoms with van der Waals surface area (Å²) in [5, 5.41) is 11.8. The van der Waals surface area contributed by atoms with E-state index in [1.807, 2.05) is 12.1 Å². The number of fused-ring (bicyclic) bond motifs is 3. The molecular formula is C18H14BNO. The van der Waals surface area contributed by atoms with E-state index in [-0.39, 0.29) is 7.48 Å². The molecule has 2 nitrogen and oxygen atoms in total. The summed E-state index contributed by atoms with van der Waals surface area (Å²) in [4.78, 5) is 0. The van der Waals surface area contributed by atoms with Crippen molar-refractivity contribution < 1.29 is 5.02 Å². The van der Waals surface area contributed by atoms with Gasteiger partial charge in [0.1, 0.15) is 0 Å².